The predicted octanol–water partition coefficient (Wildman–Crippen LogP) is 0.163. The van der Waals surface area contributed by atoms with Crippen LogP contribution in [0.3, 0.4) is 0 Å². The highest BCUT2D eigenvalue weighted by molar-refractivity contribution is 6.05. The van der Waals surface area contributed by atoms with Crippen LogP contribution in [0.5, 0.6) is 0 Å². The van der Waals surface area contributed by atoms with Crippen molar-refractivity contribution in [2.24, 2.45) is 23.7 Å². The number of carbonyl (C=O) groups excluding carboxylic acids is 3. The zero-order valence-corrected chi connectivity index (χ0v) is 37.3. The molecule has 0 amide bonds. The molecule has 0 spiro atoms. The molecule has 11 unspecified atom stereocenters. The third-order valence-electron chi connectivity index (χ3n) is 12.4. The van der Waals surface area contributed by atoms with Gasteiger partial charge in [-0.3, -0.25) is 14.5 Å². The van der Waals surface area contributed by atoms with Crippen molar-refractivity contribution in [3.63, 3.8) is 0 Å². The summed E-state index contributed by atoms with van der Waals surface area (Å²) in [6.07, 6.45) is -3.59. The van der Waals surface area contributed by atoms with Gasteiger partial charge in [-0.1, -0.05) is 43.7 Å². The minimum Gasteiger partial charge on any atom is -0.462 e. The van der Waals surface area contributed by atoms with Gasteiger partial charge in [0.2, 0.25) is 0 Å². The minimum absolute atomic E-state index is 0.000701. The molecule has 4 N–H and O–H groups in total. The number of hydrogen-bond donors (Lipinski definition) is 4. The number of nitrogens with zero attached hydrogens (tertiary/aromatic N) is 4. The summed E-state index contributed by atoms with van der Waals surface area (Å²) >= 11 is 0. The summed E-state index contributed by atoms with van der Waals surface area (Å²) in [5.74, 6) is -3.51. The molecular formula is C42H69BN4O14. The SMILES string of the molecule is Bn1cc(CCN(C)C2C(O)C(C)OC(O[C@@H]3C(C)[C@H](O)CC(=O)O[C@H](CC)[C@@H](COC4OC(C)C(O)C(OC)C4OC)/C=C(C)/C=C/C(=O)[C@H](C)C[C@@H]3CC=O)C2O)nn1. The number of carbonyl (C=O) groups is 3. The van der Waals surface area contributed by atoms with Gasteiger partial charge in [-0.05, 0) is 52.7 Å². The van der Waals surface area contributed by atoms with E-state index in [0.29, 0.717) is 25.0 Å². The van der Waals surface area contributed by atoms with E-state index in [2.05, 4.69) is 10.3 Å². The average Bonchev–Trinajstić information content (AvgIpc) is 3.65. The van der Waals surface area contributed by atoms with Crippen LogP contribution in [-0.4, -0.2) is 180 Å². The summed E-state index contributed by atoms with van der Waals surface area (Å²) in [6.45, 7) is 10.9. The molecule has 19 heteroatoms. The number of esters is 1. The second kappa shape index (κ2) is 23.7. The highest BCUT2D eigenvalue weighted by atomic mass is 16.7. The lowest BCUT2D eigenvalue weighted by molar-refractivity contribution is -0.305. The Hall–Kier alpha value is -2.95. The van der Waals surface area contributed by atoms with E-state index in [1.54, 1.807) is 64.5 Å². The van der Waals surface area contributed by atoms with Crippen LogP contribution in [0.1, 0.15) is 72.9 Å². The second-order valence-corrected chi connectivity index (χ2v) is 17.0. The number of rotatable bonds is 14. The number of likely N-dealkylation sites (N-methyl/N-ethyl adjacent to an activating group) is 1. The first-order valence-corrected chi connectivity index (χ1v) is 21.4. The average molecular weight is 865 g/mol. The summed E-state index contributed by atoms with van der Waals surface area (Å²) in [7, 11) is 6.46. The molecule has 4 rings (SSSR count). The largest absolute Gasteiger partial charge is 0.462 e. The number of aromatic nitrogens is 3. The number of aliphatic hydroxyl groups excluding tert-OH is 4. The normalized spacial score (nSPS) is 40.0. The Morgan fingerprint density at radius 2 is 1.64 bits per heavy atom. The third-order valence-corrected chi connectivity index (χ3v) is 12.4. The molecule has 3 aliphatic heterocycles. The second-order valence-electron chi connectivity index (χ2n) is 17.0. The van der Waals surface area contributed by atoms with Gasteiger partial charge in [-0.2, -0.15) is 0 Å². The van der Waals surface area contributed by atoms with E-state index in [0.717, 1.165) is 12.0 Å². The molecule has 3 aliphatic rings. The number of aliphatic hydroxyl groups is 4. The molecule has 1 aromatic rings. The van der Waals surface area contributed by atoms with E-state index >= 15 is 0 Å². The van der Waals surface area contributed by atoms with E-state index in [4.69, 9.17) is 33.2 Å². The zero-order chi connectivity index (χ0) is 45.1. The molecule has 0 radical (unpaired) electrons. The predicted molar refractivity (Wildman–Crippen MR) is 223 cm³/mol. The Labute approximate surface area is 360 Å². The molecule has 0 bridgehead atoms. The first-order valence-electron chi connectivity index (χ1n) is 21.4. The number of hydrogen-bond acceptors (Lipinski definition) is 17. The van der Waals surface area contributed by atoms with Crippen LogP contribution in [0.25, 0.3) is 0 Å². The standard InChI is InChI=1S/C42H69BN4O14/c1-10-32-28(21-57-42-40(56-9)39(55-8)36(53)26(6)59-42)17-22(2)11-12-30(49)23(3)18-27(14-16-48)38(24(4)31(50)19-33(51)60-32)61-41-37(54)34(35(52)25(5)58-41)46(7)15-13-29-20-47(43)45-44-29/h11-12,16-17,20,23-28,31-32,34-42,50,52-54H,10,13-15,18-19,21,43H2,1-9H3/b12-11+,22-17+/t23-,24?,25?,26?,27+,28-,31-,32-,34?,35?,36?,37?,38-,39?,40?,41?,42?/m1/s1. The van der Waals surface area contributed by atoms with E-state index in [1.165, 1.54) is 20.3 Å². The number of ketones is 1. The van der Waals surface area contributed by atoms with Gasteiger partial charge in [0.25, 0.3) is 7.98 Å². The Bertz CT molecular complexity index is 1620. The van der Waals surface area contributed by atoms with Crippen molar-refractivity contribution >= 4 is 26.0 Å². The Morgan fingerprint density at radius 1 is 0.967 bits per heavy atom. The van der Waals surface area contributed by atoms with Gasteiger partial charge < -0.3 is 63.0 Å². The molecule has 0 aliphatic carbocycles. The van der Waals surface area contributed by atoms with Gasteiger partial charge in [0, 0.05) is 57.6 Å². The first-order chi connectivity index (χ1) is 28.9. The van der Waals surface area contributed by atoms with E-state index in [9.17, 15) is 34.8 Å². The maximum atomic E-state index is 13.7. The van der Waals surface area contributed by atoms with Crippen molar-refractivity contribution < 1.29 is 68.0 Å². The number of ether oxygens (including phenoxy) is 7. The number of cyclic esters (lactones) is 1. The molecule has 17 atom stereocenters. The van der Waals surface area contributed by atoms with Gasteiger partial charge in [-0.15, -0.1) is 5.10 Å². The van der Waals surface area contributed by atoms with Crippen molar-refractivity contribution in [3.8, 4) is 0 Å². The van der Waals surface area contributed by atoms with Crippen LogP contribution in [0.2, 0.25) is 0 Å². The van der Waals surface area contributed by atoms with Gasteiger partial charge in [-0.25, -0.2) is 0 Å². The monoisotopic (exact) mass is 864 g/mol. The topological polar surface area (TPSA) is 231 Å². The lowest BCUT2D eigenvalue weighted by Crippen LogP contribution is -2.64. The molecule has 344 valence electrons. The van der Waals surface area contributed by atoms with Crippen LogP contribution in [-0.2, 0) is 54.0 Å². The lowest BCUT2D eigenvalue weighted by atomic mass is 9.79. The summed E-state index contributed by atoms with van der Waals surface area (Å²) in [4.78, 5) is 41.4. The fourth-order valence-electron chi connectivity index (χ4n) is 8.62. The van der Waals surface area contributed by atoms with Crippen molar-refractivity contribution in [3.05, 3.63) is 35.7 Å². The fourth-order valence-corrected chi connectivity index (χ4v) is 8.62. The Morgan fingerprint density at radius 3 is 2.26 bits per heavy atom. The number of aldehydes is 1. The van der Waals surface area contributed by atoms with Crippen LogP contribution >= 0.6 is 0 Å². The van der Waals surface area contributed by atoms with Crippen LogP contribution in [0, 0.1) is 23.7 Å². The molecule has 4 heterocycles. The lowest BCUT2D eigenvalue weighted by Gasteiger charge is -2.47. The van der Waals surface area contributed by atoms with Crippen molar-refractivity contribution in [2.45, 2.75) is 153 Å². The van der Waals surface area contributed by atoms with Crippen molar-refractivity contribution in [1.82, 2.24) is 19.8 Å². The Balaban J connectivity index is 1.61. The molecule has 2 fully saturated rings. The van der Waals surface area contributed by atoms with E-state index in [1.807, 2.05) is 19.9 Å². The molecule has 0 aromatic carbocycles. The van der Waals surface area contributed by atoms with Gasteiger partial charge >= 0.3 is 5.97 Å². The van der Waals surface area contributed by atoms with Gasteiger partial charge in [0.15, 0.2) is 18.4 Å². The van der Waals surface area contributed by atoms with E-state index in [-0.39, 0.29) is 25.2 Å². The fraction of sp³-hybridized carbons (Fsp3) is 0.786. The summed E-state index contributed by atoms with van der Waals surface area (Å²) in [5, 5.41) is 53.5. The Kier molecular flexibility index (Phi) is 19.7. The van der Waals surface area contributed by atoms with E-state index < -0.39 is 116 Å². The molecule has 1 aromatic heterocycles. The number of methoxy groups -OCH3 is 2. The van der Waals surface area contributed by atoms with Gasteiger partial charge in [0.1, 0.15) is 36.8 Å². The van der Waals surface area contributed by atoms with Gasteiger partial charge in [0.05, 0.1) is 55.3 Å². The maximum absolute atomic E-state index is 13.7. The first kappa shape index (κ1) is 50.7. The zero-order valence-electron chi connectivity index (χ0n) is 37.3. The smallest absolute Gasteiger partial charge is 0.308 e. The van der Waals surface area contributed by atoms with Crippen LogP contribution in [0.15, 0.2) is 30.0 Å². The summed E-state index contributed by atoms with van der Waals surface area (Å²) in [5.41, 5.74) is 1.43. The highest BCUT2D eigenvalue weighted by Crippen LogP contribution is 2.35. The van der Waals surface area contributed by atoms with Crippen LogP contribution in [0.4, 0.5) is 0 Å². The van der Waals surface area contributed by atoms with Crippen molar-refractivity contribution in [1.29, 1.82) is 0 Å². The van der Waals surface area contributed by atoms with Crippen LogP contribution < -0.4 is 0 Å². The summed E-state index contributed by atoms with van der Waals surface area (Å²) in [6, 6.07) is -0.831. The number of allylic oxidation sites excluding steroid dienone is 3. The quantitative estimate of drug-likeness (QED) is 0.111. The minimum atomic E-state index is -1.38. The van der Waals surface area contributed by atoms with Crippen molar-refractivity contribution in [2.75, 3.05) is 34.4 Å². The summed E-state index contributed by atoms with van der Waals surface area (Å²) < 4.78 is 43.6. The molecule has 2 saturated heterocycles. The highest BCUT2D eigenvalue weighted by Gasteiger charge is 2.48. The molecule has 0 saturated carbocycles. The molecular weight excluding hydrogens is 795 g/mol. The third kappa shape index (κ3) is 13.3. The maximum Gasteiger partial charge on any atom is 0.308 e. The molecule has 61 heavy (non-hydrogen) atoms. The molecule has 18 nitrogen and oxygen atoms in total.